The van der Waals surface area contributed by atoms with Gasteiger partial charge in [0.2, 0.25) is 23.6 Å². The number of aliphatic carboxylic acids is 1. The lowest BCUT2D eigenvalue weighted by molar-refractivity contribution is -0.149. The molecule has 12 heteroatoms. The van der Waals surface area contributed by atoms with E-state index >= 15 is 0 Å². The predicted molar refractivity (Wildman–Crippen MR) is 109 cm³/mol. The van der Waals surface area contributed by atoms with E-state index in [2.05, 4.69) is 10.6 Å². The molecule has 176 valence electrons. The zero-order valence-corrected chi connectivity index (χ0v) is 18.0. The Balaban J connectivity index is 3.02. The molecule has 12 nitrogen and oxygen atoms in total. The third kappa shape index (κ3) is 7.79. The van der Waals surface area contributed by atoms with Crippen molar-refractivity contribution in [3.63, 3.8) is 0 Å². The zero-order chi connectivity index (χ0) is 23.9. The molecule has 5 unspecified atom stereocenters. The van der Waals surface area contributed by atoms with Crippen LogP contribution in [-0.2, 0) is 24.0 Å². The van der Waals surface area contributed by atoms with Crippen molar-refractivity contribution < 1.29 is 34.2 Å². The van der Waals surface area contributed by atoms with Gasteiger partial charge in [0.15, 0.2) is 0 Å². The molecule has 0 saturated carbocycles. The minimum atomic E-state index is -1.41. The van der Waals surface area contributed by atoms with E-state index in [-0.39, 0.29) is 18.9 Å². The van der Waals surface area contributed by atoms with Crippen LogP contribution in [0, 0.1) is 5.92 Å². The number of carboxylic acid groups (broad SMARTS) is 1. The van der Waals surface area contributed by atoms with E-state index in [1.54, 1.807) is 0 Å². The van der Waals surface area contributed by atoms with E-state index in [4.69, 9.17) is 11.5 Å². The monoisotopic (exact) mass is 443 g/mol. The Morgan fingerprint density at radius 1 is 1.06 bits per heavy atom. The van der Waals surface area contributed by atoms with Crippen molar-refractivity contribution in [1.29, 1.82) is 0 Å². The summed E-state index contributed by atoms with van der Waals surface area (Å²) in [4.78, 5) is 62.0. The van der Waals surface area contributed by atoms with Crippen LogP contribution in [0.4, 0.5) is 0 Å². The second-order valence-corrected chi connectivity index (χ2v) is 8.22. The lowest BCUT2D eigenvalue weighted by Gasteiger charge is -2.29. The molecule has 31 heavy (non-hydrogen) atoms. The van der Waals surface area contributed by atoms with E-state index < -0.39 is 66.3 Å². The van der Waals surface area contributed by atoms with Crippen molar-refractivity contribution in [2.45, 2.75) is 76.7 Å². The number of nitrogens with zero attached hydrogens (tertiary/aromatic N) is 1. The summed E-state index contributed by atoms with van der Waals surface area (Å²) >= 11 is 0. The van der Waals surface area contributed by atoms with Gasteiger partial charge in [0.25, 0.3) is 0 Å². The van der Waals surface area contributed by atoms with Crippen molar-refractivity contribution >= 4 is 29.6 Å². The molecule has 8 N–H and O–H groups in total. The lowest BCUT2D eigenvalue weighted by Crippen LogP contribution is -2.58. The van der Waals surface area contributed by atoms with Crippen LogP contribution in [0.2, 0.25) is 0 Å². The topological polar surface area (TPSA) is 205 Å². The number of aliphatic hydroxyl groups excluding tert-OH is 1. The molecule has 0 aliphatic carbocycles. The van der Waals surface area contributed by atoms with Crippen LogP contribution >= 0.6 is 0 Å². The first kappa shape index (κ1) is 26.3. The van der Waals surface area contributed by atoms with Gasteiger partial charge in [0.05, 0.1) is 12.5 Å². The Bertz CT molecular complexity index is 697. The number of carboxylic acids is 1. The highest BCUT2D eigenvalue weighted by Crippen LogP contribution is 2.20. The molecule has 1 rings (SSSR count). The van der Waals surface area contributed by atoms with E-state index in [0.717, 1.165) is 0 Å². The van der Waals surface area contributed by atoms with Crippen LogP contribution in [0.1, 0.15) is 46.5 Å². The van der Waals surface area contributed by atoms with Gasteiger partial charge >= 0.3 is 5.97 Å². The van der Waals surface area contributed by atoms with Crippen LogP contribution in [0.15, 0.2) is 0 Å². The van der Waals surface area contributed by atoms with Gasteiger partial charge in [-0.2, -0.15) is 0 Å². The van der Waals surface area contributed by atoms with E-state index in [0.29, 0.717) is 12.8 Å². The molecule has 1 aliphatic heterocycles. The minimum Gasteiger partial charge on any atom is -0.480 e. The minimum absolute atomic E-state index is 0.0204. The normalized spacial score (nSPS) is 19.9. The Labute approximate surface area is 180 Å². The smallest absolute Gasteiger partial charge is 0.326 e. The fourth-order valence-electron chi connectivity index (χ4n) is 3.35. The number of hydrogen-bond acceptors (Lipinski definition) is 7. The van der Waals surface area contributed by atoms with Crippen molar-refractivity contribution in [2.24, 2.45) is 17.4 Å². The summed E-state index contributed by atoms with van der Waals surface area (Å²) < 4.78 is 0. The van der Waals surface area contributed by atoms with E-state index in [1.807, 2.05) is 13.8 Å². The van der Waals surface area contributed by atoms with Gasteiger partial charge in [-0.15, -0.1) is 0 Å². The lowest BCUT2D eigenvalue weighted by atomic mass is 10.0. The molecule has 0 spiro atoms. The third-order valence-corrected chi connectivity index (χ3v) is 5.00. The van der Waals surface area contributed by atoms with Crippen LogP contribution in [0.3, 0.4) is 0 Å². The molecule has 0 aromatic rings. The first-order chi connectivity index (χ1) is 14.3. The number of hydrogen-bond donors (Lipinski definition) is 6. The SMILES string of the molecule is CC(C)CC(NC(=O)C(CC(N)=O)NC(=O)C(N)C(C)O)C(=O)N1CCCC1C(=O)O. The predicted octanol–water partition coefficient (Wildman–Crippen LogP) is -2.34. The maximum Gasteiger partial charge on any atom is 0.326 e. The van der Waals surface area contributed by atoms with Crippen LogP contribution in [-0.4, -0.2) is 81.5 Å². The molecule has 5 atom stereocenters. The second-order valence-electron chi connectivity index (χ2n) is 8.22. The van der Waals surface area contributed by atoms with Crippen molar-refractivity contribution in [3.8, 4) is 0 Å². The fraction of sp³-hybridized carbons (Fsp3) is 0.737. The van der Waals surface area contributed by atoms with Gasteiger partial charge in [0, 0.05) is 6.54 Å². The maximum atomic E-state index is 13.0. The van der Waals surface area contributed by atoms with E-state index in [9.17, 15) is 34.2 Å². The molecule has 1 fully saturated rings. The Morgan fingerprint density at radius 3 is 2.13 bits per heavy atom. The van der Waals surface area contributed by atoms with Crippen molar-refractivity contribution in [2.75, 3.05) is 6.54 Å². The van der Waals surface area contributed by atoms with Gasteiger partial charge in [-0.25, -0.2) is 4.79 Å². The summed E-state index contributed by atoms with van der Waals surface area (Å²) in [6.07, 6.45) is -0.675. The second kappa shape index (κ2) is 11.6. The molecule has 0 aromatic carbocycles. The first-order valence-electron chi connectivity index (χ1n) is 10.2. The number of primary amides is 1. The molecule has 0 aromatic heterocycles. The quantitative estimate of drug-likeness (QED) is 0.203. The average molecular weight is 444 g/mol. The van der Waals surface area contributed by atoms with Crippen molar-refractivity contribution in [3.05, 3.63) is 0 Å². The highest BCUT2D eigenvalue weighted by molar-refractivity contribution is 5.96. The summed E-state index contributed by atoms with van der Waals surface area (Å²) in [6.45, 7) is 5.20. The number of amides is 4. The average Bonchev–Trinajstić information content (AvgIpc) is 3.14. The number of carbonyl (C=O) groups excluding carboxylic acids is 4. The Morgan fingerprint density at radius 2 is 1.65 bits per heavy atom. The van der Waals surface area contributed by atoms with Gasteiger partial charge in [0.1, 0.15) is 24.2 Å². The van der Waals surface area contributed by atoms with Crippen LogP contribution in [0.25, 0.3) is 0 Å². The molecule has 0 radical (unpaired) electrons. The van der Waals surface area contributed by atoms with Gasteiger partial charge in [-0.1, -0.05) is 13.8 Å². The summed E-state index contributed by atoms with van der Waals surface area (Å²) in [5, 5.41) is 23.6. The molecule has 1 saturated heterocycles. The van der Waals surface area contributed by atoms with Gasteiger partial charge in [-0.3, -0.25) is 19.2 Å². The third-order valence-electron chi connectivity index (χ3n) is 5.00. The number of aliphatic hydroxyl groups is 1. The molecule has 1 heterocycles. The number of nitrogens with one attached hydrogen (secondary N) is 2. The standard InChI is InChI=1S/C19H33N5O7/c1-9(2)7-12(18(29)24-6-4-5-13(24)19(30)31)23-16(27)11(8-14(20)26)22-17(28)15(21)10(3)25/h9-13,15,25H,4-8,21H2,1-3H3,(H2,20,26)(H,22,28)(H,23,27)(H,30,31). The van der Waals surface area contributed by atoms with E-state index in [1.165, 1.54) is 11.8 Å². The Hall–Kier alpha value is -2.73. The van der Waals surface area contributed by atoms with Crippen molar-refractivity contribution in [1.82, 2.24) is 15.5 Å². The maximum absolute atomic E-state index is 13.0. The highest BCUT2D eigenvalue weighted by atomic mass is 16.4. The summed E-state index contributed by atoms with van der Waals surface area (Å²) in [6, 6.07) is -4.77. The molecule has 4 amide bonds. The number of rotatable bonds is 11. The van der Waals surface area contributed by atoms with Gasteiger partial charge < -0.3 is 37.2 Å². The number of carbonyl (C=O) groups is 5. The first-order valence-corrected chi connectivity index (χ1v) is 10.2. The van der Waals surface area contributed by atoms with Crippen LogP contribution in [0.5, 0.6) is 0 Å². The highest BCUT2D eigenvalue weighted by Gasteiger charge is 2.38. The zero-order valence-electron chi connectivity index (χ0n) is 18.0. The molecule has 0 bridgehead atoms. The fourth-order valence-corrected chi connectivity index (χ4v) is 3.35. The van der Waals surface area contributed by atoms with Gasteiger partial charge in [-0.05, 0) is 32.1 Å². The number of nitrogens with two attached hydrogens (primary N) is 2. The summed E-state index contributed by atoms with van der Waals surface area (Å²) in [5.41, 5.74) is 10.7. The molecule has 1 aliphatic rings. The van der Waals surface area contributed by atoms with Crippen LogP contribution < -0.4 is 22.1 Å². The number of likely N-dealkylation sites (tertiary alicyclic amines) is 1. The Kier molecular flexibility index (Phi) is 9.85. The molecular formula is C19H33N5O7. The largest absolute Gasteiger partial charge is 0.480 e. The molecular weight excluding hydrogens is 410 g/mol. The summed E-state index contributed by atoms with van der Waals surface area (Å²) in [7, 11) is 0. The summed E-state index contributed by atoms with van der Waals surface area (Å²) in [5.74, 6) is -4.26.